The van der Waals surface area contributed by atoms with E-state index in [1.165, 1.54) is 47.3 Å². The third kappa shape index (κ3) is 4.95. The SMILES string of the molecule is C1=C(c2ccc3ccc4ccccc4c3c2)N=C(c2cccc3oc4ccc(-c5cccc6c5sc5ccccc56)cc4c23)N=C(c2ccccc2)C1. The van der Waals surface area contributed by atoms with Crippen LogP contribution >= 0.6 is 11.3 Å². The number of furan rings is 1. The normalized spacial score (nSPS) is 13.5. The highest BCUT2D eigenvalue weighted by molar-refractivity contribution is 7.26. The fourth-order valence-electron chi connectivity index (χ4n) is 7.98. The van der Waals surface area contributed by atoms with E-state index in [0.29, 0.717) is 12.3 Å². The summed E-state index contributed by atoms with van der Waals surface area (Å²) in [5.74, 6) is 0.677. The van der Waals surface area contributed by atoms with E-state index in [1.54, 1.807) is 0 Å². The van der Waals surface area contributed by atoms with Crippen LogP contribution in [0.3, 0.4) is 0 Å². The minimum atomic E-state index is 0.658. The molecule has 0 saturated heterocycles. The van der Waals surface area contributed by atoms with Gasteiger partial charge in [-0.15, -0.1) is 11.3 Å². The van der Waals surface area contributed by atoms with Crippen molar-refractivity contribution in [2.75, 3.05) is 0 Å². The molecule has 11 rings (SSSR count). The van der Waals surface area contributed by atoms with Gasteiger partial charge in [-0.05, 0) is 68.6 Å². The second kappa shape index (κ2) is 12.0. The van der Waals surface area contributed by atoms with Crippen LogP contribution in [-0.4, -0.2) is 11.5 Å². The summed E-state index contributed by atoms with van der Waals surface area (Å²) in [6.45, 7) is 0. The molecule has 3 nitrogen and oxygen atoms in total. The molecule has 0 amide bonds. The van der Waals surface area contributed by atoms with Gasteiger partial charge in [-0.1, -0.05) is 140 Å². The summed E-state index contributed by atoms with van der Waals surface area (Å²) in [4.78, 5) is 10.8. The van der Waals surface area contributed by atoms with Crippen LogP contribution in [0.5, 0.6) is 0 Å². The smallest absolute Gasteiger partial charge is 0.160 e. The maximum Gasteiger partial charge on any atom is 0.160 e. The molecular weight excluding hydrogens is 665 g/mol. The van der Waals surface area contributed by atoms with Gasteiger partial charge in [-0.3, -0.25) is 0 Å². The molecule has 0 unspecified atom stereocenters. The lowest BCUT2D eigenvalue weighted by Crippen LogP contribution is -2.05. The van der Waals surface area contributed by atoms with Crippen molar-refractivity contribution in [2.24, 2.45) is 9.98 Å². The molecule has 10 aromatic rings. The first-order chi connectivity index (χ1) is 26.2. The average molecular weight is 695 g/mol. The molecule has 248 valence electrons. The molecule has 0 aliphatic carbocycles. The number of amidine groups is 1. The Morgan fingerprint density at radius 3 is 2.11 bits per heavy atom. The molecule has 0 spiro atoms. The Kier molecular flexibility index (Phi) is 6.79. The summed E-state index contributed by atoms with van der Waals surface area (Å²) < 4.78 is 9.13. The third-order valence-corrected chi connectivity index (χ3v) is 11.8. The largest absolute Gasteiger partial charge is 0.456 e. The van der Waals surface area contributed by atoms with E-state index < -0.39 is 0 Å². The predicted molar refractivity (Wildman–Crippen MR) is 226 cm³/mol. The maximum atomic E-state index is 6.54. The molecule has 0 radical (unpaired) electrons. The van der Waals surface area contributed by atoms with Crippen molar-refractivity contribution in [2.45, 2.75) is 6.42 Å². The van der Waals surface area contributed by atoms with Gasteiger partial charge in [0.05, 0.1) is 11.4 Å². The topological polar surface area (TPSA) is 37.9 Å². The number of thiophene rings is 1. The molecule has 0 saturated carbocycles. The Bertz CT molecular complexity index is 3200. The van der Waals surface area contributed by atoms with Crippen LogP contribution < -0.4 is 0 Å². The van der Waals surface area contributed by atoms with Crippen LogP contribution in [0.2, 0.25) is 0 Å². The number of rotatable bonds is 4. The monoisotopic (exact) mass is 694 g/mol. The lowest BCUT2D eigenvalue weighted by molar-refractivity contribution is 0.669. The van der Waals surface area contributed by atoms with Gasteiger partial charge in [0.1, 0.15) is 11.2 Å². The molecule has 2 aromatic heterocycles. The van der Waals surface area contributed by atoms with Gasteiger partial charge in [0.25, 0.3) is 0 Å². The van der Waals surface area contributed by atoms with Gasteiger partial charge in [0, 0.05) is 48.5 Å². The third-order valence-electron chi connectivity index (χ3n) is 10.6. The first-order valence-electron chi connectivity index (χ1n) is 18.0. The van der Waals surface area contributed by atoms with Gasteiger partial charge in [-0.2, -0.15) is 0 Å². The van der Waals surface area contributed by atoms with Gasteiger partial charge < -0.3 is 4.42 Å². The van der Waals surface area contributed by atoms with Crippen LogP contribution in [0.4, 0.5) is 0 Å². The number of hydrogen-bond donors (Lipinski definition) is 0. The zero-order valence-electron chi connectivity index (χ0n) is 28.6. The Labute approximate surface area is 309 Å². The van der Waals surface area contributed by atoms with E-state index in [4.69, 9.17) is 14.4 Å². The molecule has 53 heavy (non-hydrogen) atoms. The minimum Gasteiger partial charge on any atom is -0.456 e. The summed E-state index contributed by atoms with van der Waals surface area (Å²) in [6.07, 6.45) is 2.88. The number of hydrogen-bond acceptors (Lipinski definition) is 4. The molecule has 1 aliphatic heterocycles. The number of aliphatic imine (C=N–C) groups is 2. The van der Waals surface area contributed by atoms with Crippen molar-refractivity contribution in [1.82, 2.24) is 0 Å². The summed E-state index contributed by atoms with van der Waals surface area (Å²) in [6, 6.07) is 58.2. The standard InChI is InChI=1S/C49H30N2OS/c1-2-11-32(12-3-1)42-25-26-43(34-23-22-31-21-20-30-10-4-5-13-35(30)40(31)29-34)51-49(50-42)39-17-9-18-45-47(39)41-28-33(24-27-44(41)52-45)36-15-8-16-38-37-14-6-7-19-46(37)53-48(36)38/h1-24,26-29H,25H2. The van der Waals surface area contributed by atoms with Crippen molar-refractivity contribution < 1.29 is 4.42 Å². The van der Waals surface area contributed by atoms with Crippen molar-refractivity contribution in [3.05, 3.63) is 187 Å². The fourth-order valence-corrected chi connectivity index (χ4v) is 9.22. The van der Waals surface area contributed by atoms with E-state index in [0.717, 1.165) is 55.6 Å². The molecule has 1 aliphatic rings. The Hall–Kier alpha value is -6.62. The minimum absolute atomic E-state index is 0.658. The fraction of sp³-hybridized carbons (Fsp3) is 0.0204. The van der Waals surface area contributed by atoms with E-state index in [9.17, 15) is 0 Å². The van der Waals surface area contributed by atoms with Crippen molar-refractivity contribution in [3.63, 3.8) is 0 Å². The molecule has 4 heteroatoms. The second-order valence-electron chi connectivity index (χ2n) is 13.6. The number of benzene rings is 8. The van der Waals surface area contributed by atoms with Crippen molar-refractivity contribution >= 4 is 92.2 Å². The second-order valence-corrected chi connectivity index (χ2v) is 14.7. The highest BCUT2D eigenvalue weighted by Crippen LogP contribution is 2.42. The predicted octanol–water partition coefficient (Wildman–Crippen LogP) is 13.6. The Morgan fingerprint density at radius 2 is 1.19 bits per heavy atom. The quantitative estimate of drug-likeness (QED) is 0.169. The molecule has 8 aromatic carbocycles. The maximum absolute atomic E-state index is 6.54. The van der Waals surface area contributed by atoms with Crippen LogP contribution in [0, 0.1) is 0 Å². The lowest BCUT2D eigenvalue weighted by atomic mass is 9.98. The number of fused-ring (bicyclic) bond motifs is 9. The molecular formula is C49H30N2OS. The van der Waals surface area contributed by atoms with E-state index in [-0.39, 0.29) is 0 Å². The van der Waals surface area contributed by atoms with E-state index >= 15 is 0 Å². The summed E-state index contributed by atoms with van der Waals surface area (Å²) in [5.41, 5.74) is 9.04. The van der Waals surface area contributed by atoms with E-state index in [1.807, 2.05) is 17.4 Å². The number of nitrogens with zero attached hydrogens (tertiary/aromatic N) is 2. The highest BCUT2D eigenvalue weighted by atomic mass is 32.1. The van der Waals surface area contributed by atoms with Gasteiger partial charge in [0.2, 0.25) is 0 Å². The molecule has 0 fully saturated rings. The van der Waals surface area contributed by atoms with Gasteiger partial charge in [-0.25, -0.2) is 9.98 Å². The molecule has 3 heterocycles. The van der Waals surface area contributed by atoms with Crippen LogP contribution in [0.15, 0.2) is 184 Å². The van der Waals surface area contributed by atoms with Gasteiger partial charge >= 0.3 is 0 Å². The van der Waals surface area contributed by atoms with Crippen LogP contribution in [-0.2, 0) is 0 Å². The molecule has 0 atom stereocenters. The zero-order valence-corrected chi connectivity index (χ0v) is 29.4. The number of allylic oxidation sites excluding steroid dienone is 1. The van der Waals surface area contributed by atoms with Crippen molar-refractivity contribution in [1.29, 1.82) is 0 Å². The summed E-state index contributed by atoms with van der Waals surface area (Å²) in [7, 11) is 0. The van der Waals surface area contributed by atoms with Crippen LogP contribution in [0.25, 0.3) is 80.5 Å². The first-order valence-corrected chi connectivity index (χ1v) is 18.8. The summed E-state index contributed by atoms with van der Waals surface area (Å²) in [5, 5.41) is 9.56. The summed E-state index contributed by atoms with van der Waals surface area (Å²) >= 11 is 1.85. The molecule has 0 bridgehead atoms. The Morgan fingerprint density at radius 1 is 0.472 bits per heavy atom. The zero-order chi connectivity index (χ0) is 34.9. The van der Waals surface area contributed by atoms with Gasteiger partial charge in [0.15, 0.2) is 5.84 Å². The van der Waals surface area contributed by atoms with Crippen LogP contribution in [0.1, 0.15) is 23.1 Å². The lowest BCUT2D eigenvalue weighted by Gasteiger charge is -2.09. The first kappa shape index (κ1) is 30.0. The van der Waals surface area contributed by atoms with E-state index in [2.05, 4.69) is 164 Å². The Balaban J connectivity index is 1.12. The highest BCUT2D eigenvalue weighted by Gasteiger charge is 2.20. The van der Waals surface area contributed by atoms with Crippen molar-refractivity contribution in [3.8, 4) is 11.1 Å². The average Bonchev–Trinajstić information content (AvgIpc) is 3.71. The molecule has 0 N–H and O–H groups in total.